The number of benzene rings is 2. The molecule has 0 radical (unpaired) electrons. The molecule has 0 bridgehead atoms. The van der Waals surface area contributed by atoms with Crippen LogP contribution in [0.25, 0.3) is 0 Å². The first-order chi connectivity index (χ1) is 10.6. The molecule has 1 amide bonds. The maximum Gasteiger partial charge on any atom is 0.328 e. The quantitative estimate of drug-likeness (QED) is 0.863. The lowest BCUT2D eigenvalue weighted by Gasteiger charge is -2.14. The summed E-state index contributed by atoms with van der Waals surface area (Å²) in [6.07, 6.45) is 0. The molecule has 2 rings (SSSR count). The van der Waals surface area contributed by atoms with Gasteiger partial charge in [-0.1, -0.05) is 42.5 Å². The average molecular weight is 297 g/mol. The highest BCUT2D eigenvalue weighted by Crippen LogP contribution is 2.09. The zero-order chi connectivity index (χ0) is 15.9. The lowest BCUT2D eigenvalue weighted by molar-refractivity contribution is -0.146. The van der Waals surface area contributed by atoms with E-state index >= 15 is 0 Å². The fourth-order valence-electron chi connectivity index (χ4n) is 1.97. The Bertz CT molecular complexity index is 652. The van der Waals surface area contributed by atoms with Crippen LogP contribution < -0.4 is 5.32 Å². The monoisotopic (exact) mass is 297 g/mol. The highest BCUT2D eigenvalue weighted by Gasteiger charge is 2.18. The minimum Gasteiger partial charge on any atom is -0.459 e. The SMILES string of the molecule is Cc1ccccc1COC(=O)[C@H](C)NC(=O)c1ccccc1. The summed E-state index contributed by atoms with van der Waals surface area (Å²) in [6.45, 7) is 3.78. The van der Waals surface area contributed by atoms with Gasteiger partial charge in [0.05, 0.1) is 0 Å². The Hall–Kier alpha value is -2.62. The number of amides is 1. The number of nitrogens with one attached hydrogen (secondary N) is 1. The van der Waals surface area contributed by atoms with Crippen molar-refractivity contribution in [2.75, 3.05) is 0 Å². The molecule has 0 unspecified atom stereocenters. The van der Waals surface area contributed by atoms with Crippen molar-refractivity contribution in [1.82, 2.24) is 5.32 Å². The van der Waals surface area contributed by atoms with Crippen LogP contribution in [-0.2, 0) is 16.1 Å². The van der Waals surface area contributed by atoms with Crippen LogP contribution in [0.1, 0.15) is 28.4 Å². The normalized spacial score (nSPS) is 11.5. The standard InChI is InChI=1S/C18H19NO3/c1-13-8-6-7-11-16(13)12-22-18(21)14(2)19-17(20)15-9-4-3-5-10-15/h3-11,14H,12H2,1-2H3,(H,19,20)/t14-/m0/s1. The van der Waals surface area contributed by atoms with Crippen molar-refractivity contribution < 1.29 is 14.3 Å². The van der Waals surface area contributed by atoms with Crippen LogP contribution >= 0.6 is 0 Å². The molecule has 0 aliphatic heterocycles. The average Bonchev–Trinajstić information content (AvgIpc) is 2.54. The summed E-state index contributed by atoms with van der Waals surface area (Å²) >= 11 is 0. The van der Waals surface area contributed by atoms with Gasteiger partial charge in [-0.25, -0.2) is 4.79 Å². The molecule has 0 spiro atoms. The molecule has 2 aromatic carbocycles. The first-order valence-electron chi connectivity index (χ1n) is 7.15. The van der Waals surface area contributed by atoms with E-state index in [2.05, 4.69) is 5.32 Å². The third-order valence-corrected chi connectivity index (χ3v) is 3.37. The summed E-state index contributed by atoms with van der Waals surface area (Å²) < 4.78 is 5.25. The Balaban J connectivity index is 1.87. The third kappa shape index (κ3) is 4.19. The van der Waals surface area contributed by atoms with Crippen LogP contribution in [0.15, 0.2) is 54.6 Å². The lowest BCUT2D eigenvalue weighted by Crippen LogP contribution is -2.39. The van der Waals surface area contributed by atoms with Crippen molar-refractivity contribution in [2.24, 2.45) is 0 Å². The Labute approximate surface area is 130 Å². The maximum absolute atomic E-state index is 12.0. The molecule has 0 aromatic heterocycles. The molecule has 1 atom stereocenters. The van der Waals surface area contributed by atoms with Crippen LogP contribution in [0.2, 0.25) is 0 Å². The van der Waals surface area contributed by atoms with Gasteiger partial charge in [-0.2, -0.15) is 0 Å². The Morgan fingerprint density at radius 1 is 1.05 bits per heavy atom. The Morgan fingerprint density at radius 2 is 1.68 bits per heavy atom. The van der Waals surface area contributed by atoms with E-state index in [1.54, 1.807) is 31.2 Å². The number of carbonyl (C=O) groups excluding carboxylic acids is 2. The predicted molar refractivity (Wildman–Crippen MR) is 84.3 cm³/mol. The largest absolute Gasteiger partial charge is 0.459 e. The van der Waals surface area contributed by atoms with Crippen molar-refractivity contribution in [3.05, 3.63) is 71.3 Å². The van der Waals surface area contributed by atoms with E-state index in [9.17, 15) is 9.59 Å². The molecule has 0 saturated heterocycles. The number of esters is 1. The molecule has 4 heteroatoms. The number of aryl methyl sites for hydroxylation is 1. The van der Waals surface area contributed by atoms with Crippen LogP contribution in [0, 0.1) is 6.92 Å². The molecule has 114 valence electrons. The summed E-state index contributed by atoms with van der Waals surface area (Å²) in [7, 11) is 0. The first kappa shape index (κ1) is 15.8. The van der Waals surface area contributed by atoms with Gasteiger partial charge in [0.15, 0.2) is 0 Å². The van der Waals surface area contributed by atoms with Gasteiger partial charge in [-0.3, -0.25) is 4.79 Å². The fraction of sp³-hybridized carbons (Fsp3) is 0.222. The maximum atomic E-state index is 12.0. The zero-order valence-corrected chi connectivity index (χ0v) is 12.7. The van der Waals surface area contributed by atoms with Crippen molar-refractivity contribution >= 4 is 11.9 Å². The third-order valence-electron chi connectivity index (χ3n) is 3.37. The van der Waals surface area contributed by atoms with E-state index in [0.717, 1.165) is 11.1 Å². The Morgan fingerprint density at radius 3 is 2.36 bits per heavy atom. The van der Waals surface area contributed by atoms with Crippen LogP contribution in [0.3, 0.4) is 0 Å². The summed E-state index contributed by atoms with van der Waals surface area (Å²) in [4.78, 5) is 23.9. The number of ether oxygens (including phenoxy) is 1. The summed E-state index contributed by atoms with van der Waals surface area (Å²) in [5.74, 6) is -0.742. The first-order valence-corrected chi connectivity index (χ1v) is 7.15. The minimum absolute atomic E-state index is 0.205. The smallest absolute Gasteiger partial charge is 0.328 e. The number of hydrogen-bond donors (Lipinski definition) is 1. The number of rotatable bonds is 5. The zero-order valence-electron chi connectivity index (χ0n) is 12.7. The highest BCUT2D eigenvalue weighted by molar-refractivity contribution is 5.96. The van der Waals surface area contributed by atoms with Crippen molar-refractivity contribution in [3.63, 3.8) is 0 Å². The second-order valence-corrected chi connectivity index (χ2v) is 5.10. The molecule has 2 aromatic rings. The lowest BCUT2D eigenvalue weighted by atomic mass is 10.1. The van der Waals surface area contributed by atoms with E-state index in [1.807, 2.05) is 37.3 Å². The molecule has 0 heterocycles. The molecule has 22 heavy (non-hydrogen) atoms. The highest BCUT2D eigenvalue weighted by atomic mass is 16.5. The van der Waals surface area contributed by atoms with E-state index in [0.29, 0.717) is 5.56 Å². The van der Waals surface area contributed by atoms with Crippen molar-refractivity contribution in [2.45, 2.75) is 26.5 Å². The second-order valence-electron chi connectivity index (χ2n) is 5.10. The van der Waals surface area contributed by atoms with Crippen LogP contribution in [0.4, 0.5) is 0 Å². The van der Waals surface area contributed by atoms with Gasteiger partial charge in [0.2, 0.25) is 0 Å². The molecule has 0 aliphatic rings. The number of hydrogen-bond acceptors (Lipinski definition) is 3. The second kappa shape index (κ2) is 7.41. The molecule has 1 N–H and O–H groups in total. The van der Waals surface area contributed by atoms with Crippen molar-refractivity contribution in [1.29, 1.82) is 0 Å². The van der Waals surface area contributed by atoms with Crippen LogP contribution in [0.5, 0.6) is 0 Å². The minimum atomic E-state index is -0.697. The van der Waals surface area contributed by atoms with Gasteiger partial charge < -0.3 is 10.1 Å². The Kier molecular flexibility index (Phi) is 5.31. The van der Waals surface area contributed by atoms with Gasteiger partial charge in [-0.05, 0) is 37.1 Å². The van der Waals surface area contributed by atoms with Gasteiger partial charge in [0, 0.05) is 5.56 Å². The van der Waals surface area contributed by atoms with Gasteiger partial charge >= 0.3 is 5.97 Å². The van der Waals surface area contributed by atoms with E-state index in [1.165, 1.54) is 0 Å². The van der Waals surface area contributed by atoms with Crippen LogP contribution in [-0.4, -0.2) is 17.9 Å². The molecule has 0 fully saturated rings. The van der Waals surface area contributed by atoms with Gasteiger partial charge in [0.25, 0.3) is 5.91 Å². The number of carbonyl (C=O) groups is 2. The molecule has 0 saturated carbocycles. The van der Waals surface area contributed by atoms with Crippen molar-refractivity contribution in [3.8, 4) is 0 Å². The summed E-state index contributed by atoms with van der Waals surface area (Å²) in [5, 5.41) is 2.63. The fourth-order valence-corrected chi connectivity index (χ4v) is 1.97. The topological polar surface area (TPSA) is 55.4 Å². The van der Waals surface area contributed by atoms with E-state index < -0.39 is 12.0 Å². The molecular formula is C18H19NO3. The molecule has 0 aliphatic carbocycles. The molecular weight excluding hydrogens is 278 g/mol. The van der Waals surface area contributed by atoms with E-state index in [4.69, 9.17) is 4.74 Å². The van der Waals surface area contributed by atoms with Gasteiger partial charge in [0.1, 0.15) is 12.6 Å². The van der Waals surface area contributed by atoms with E-state index in [-0.39, 0.29) is 12.5 Å². The predicted octanol–water partition coefficient (Wildman–Crippen LogP) is 2.86. The summed E-state index contributed by atoms with van der Waals surface area (Å²) in [5.41, 5.74) is 2.54. The van der Waals surface area contributed by atoms with Gasteiger partial charge in [-0.15, -0.1) is 0 Å². The molecule has 4 nitrogen and oxygen atoms in total. The summed E-state index contributed by atoms with van der Waals surface area (Å²) in [6, 6.07) is 15.8.